The van der Waals surface area contributed by atoms with E-state index in [0.717, 1.165) is 30.8 Å². The monoisotopic (exact) mass is 613 g/mol. The molecule has 8 nitrogen and oxygen atoms in total. The van der Waals surface area contributed by atoms with Crippen molar-refractivity contribution in [2.75, 3.05) is 11.6 Å². The molecule has 3 amide bonds. The average Bonchev–Trinajstić information content (AvgIpc) is 3.47. The number of carbonyl (C=O) groups excluding carboxylic acids is 3. The number of hydrogen-bond donors (Lipinski definition) is 2. The SMILES string of the molecule is C[C@@H](NC(=O)[C@@H]1CSCN1C(=O)OC(C)(C)C)C(=O)NSC(Cc1ccc(Oc2ccccc2)cc1)C1CCCCC1. The number of benzene rings is 2. The maximum atomic E-state index is 13.1. The summed E-state index contributed by atoms with van der Waals surface area (Å²) in [5.41, 5.74) is 0.540. The first kappa shape index (κ1) is 32.1. The average molecular weight is 614 g/mol. The number of hydrogen-bond acceptors (Lipinski definition) is 7. The molecule has 2 aromatic carbocycles. The number of nitrogens with zero attached hydrogens (tertiary/aromatic N) is 1. The lowest BCUT2D eigenvalue weighted by Gasteiger charge is -2.30. The van der Waals surface area contributed by atoms with E-state index >= 15 is 0 Å². The molecule has 1 aliphatic heterocycles. The summed E-state index contributed by atoms with van der Waals surface area (Å²) in [6.45, 7) is 7.06. The van der Waals surface area contributed by atoms with Gasteiger partial charge in [-0.3, -0.25) is 19.2 Å². The van der Waals surface area contributed by atoms with Gasteiger partial charge in [-0.05, 0) is 94.7 Å². The third-order valence-electron chi connectivity index (χ3n) is 7.39. The van der Waals surface area contributed by atoms with E-state index in [4.69, 9.17) is 9.47 Å². The van der Waals surface area contributed by atoms with Gasteiger partial charge < -0.3 is 14.8 Å². The van der Waals surface area contributed by atoms with E-state index in [0.29, 0.717) is 17.5 Å². The molecule has 4 rings (SSSR count). The molecular weight excluding hydrogens is 571 g/mol. The molecule has 1 saturated carbocycles. The molecule has 10 heteroatoms. The van der Waals surface area contributed by atoms with Gasteiger partial charge in [0.2, 0.25) is 5.91 Å². The van der Waals surface area contributed by atoms with Gasteiger partial charge in [0.1, 0.15) is 29.2 Å². The zero-order valence-electron chi connectivity index (χ0n) is 25.0. The predicted octanol–water partition coefficient (Wildman–Crippen LogP) is 6.55. The minimum Gasteiger partial charge on any atom is -0.457 e. The van der Waals surface area contributed by atoms with Gasteiger partial charge in [0.05, 0.1) is 5.88 Å². The first-order valence-corrected chi connectivity index (χ1v) is 16.8. The van der Waals surface area contributed by atoms with Crippen molar-refractivity contribution in [3.63, 3.8) is 0 Å². The highest BCUT2D eigenvalue weighted by Crippen LogP contribution is 2.34. The van der Waals surface area contributed by atoms with E-state index in [-0.39, 0.29) is 17.1 Å². The Balaban J connectivity index is 1.32. The van der Waals surface area contributed by atoms with Crippen molar-refractivity contribution in [2.24, 2.45) is 5.92 Å². The number of ether oxygens (including phenoxy) is 2. The van der Waals surface area contributed by atoms with Crippen LogP contribution in [0.2, 0.25) is 0 Å². The Morgan fingerprint density at radius 3 is 2.33 bits per heavy atom. The van der Waals surface area contributed by atoms with Gasteiger partial charge in [-0.25, -0.2) is 4.79 Å². The number of nitrogens with one attached hydrogen (secondary N) is 2. The highest BCUT2D eigenvalue weighted by molar-refractivity contribution is 7.99. The molecule has 1 aliphatic carbocycles. The van der Waals surface area contributed by atoms with E-state index in [9.17, 15) is 14.4 Å². The number of carbonyl (C=O) groups is 3. The molecule has 0 aromatic heterocycles. The topological polar surface area (TPSA) is 97.0 Å². The quantitative estimate of drug-likeness (QED) is 0.293. The van der Waals surface area contributed by atoms with Gasteiger partial charge in [-0.15, -0.1) is 11.8 Å². The van der Waals surface area contributed by atoms with Gasteiger partial charge in [-0.1, -0.05) is 49.6 Å². The van der Waals surface area contributed by atoms with Crippen LogP contribution in [0.15, 0.2) is 54.6 Å². The second-order valence-electron chi connectivity index (χ2n) is 12.0. The van der Waals surface area contributed by atoms with Crippen LogP contribution < -0.4 is 14.8 Å². The Labute approximate surface area is 258 Å². The van der Waals surface area contributed by atoms with Crippen molar-refractivity contribution in [1.82, 2.24) is 14.9 Å². The highest BCUT2D eigenvalue weighted by atomic mass is 32.2. The van der Waals surface area contributed by atoms with Crippen molar-refractivity contribution in [3.8, 4) is 11.5 Å². The number of para-hydroxylation sites is 1. The molecule has 2 aliphatic rings. The lowest BCUT2D eigenvalue weighted by Crippen LogP contribution is -2.53. The molecule has 2 fully saturated rings. The summed E-state index contributed by atoms with van der Waals surface area (Å²) in [6.07, 6.45) is 6.28. The summed E-state index contributed by atoms with van der Waals surface area (Å²) in [4.78, 5) is 40.1. The molecule has 0 radical (unpaired) electrons. The molecule has 0 spiro atoms. The normalized spacial score (nSPS) is 19.0. The molecule has 2 N–H and O–H groups in total. The first-order chi connectivity index (χ1) is 20.1. The van der Waals surface area contributed by atoms with Crippen molar-refractivity contribution >= 4 is 41.6 Å². The summed E-state index contributed by atoms with van der Waals surface area (Å²) in [5, 5.41) is 3.02. The van der Waals surface area contributed by atoms with Crippen LogP contribution in [0.3, 0.4) is 0 Å². The summed E-state index contributed by atoms with van der Waals surface area (Å²) >= 11 is 2.96. The third-order valence-corrected chi connectivity index (χ3v) is 9.58. The minimum absolute atomic E-state index is 0.215. The van der Waals surface area contributed by atoms with Crippen LogP contribution in [0.4, 0.5) is 4.79 Å². The second-order valence-corrected chi connectivity index (χ2v) is 14.0. The third kappa shape index (κ3) is 9.59. The van der Waals surface area contributed by atoms with Crippen LogP contribution >= 0.6 is 23.7 Å². The smallest absolute Gasteiger partial charge is 0.411 e. The fourth-order valence-corrected chi connectivity index (χ4v) is 7.45. The Kier molecular flexibility index (Phi) is 11.5. The Hall–Kier alpha value is -2.85. The van der Waals surface area contributed by atoms with Gasteiger partial charge in [0.15, 0.2) is 0 Å². The lowest BCUT2D eigenvalue weighted by atomic mass is 9.85. The fourth-order valence-electron chi connectivity index (χ4n) is 5.12. The van der Waals surface area contributed by atoms with Gasteiger partial charge in [0, 0.05) is 11.0 Å². The van der Waals surface area contributed by atoms with Gasteiger partial charge in [0.25, 0.3) is 5.91 Å². The summed E-state index contributed by atoms with van der Waals surface area (Å²) in [5.74, 6) is 2.34. The van der Waals surface area contributed by atoms with Crippen molar-refractivity contribution in [3.05, 3.63) is 60.2 Å². The summed E-state index contributed by atoms with van der Waals surface area (Å²) in [7, 11) is 0. The van der Waals surface area contributed by atoms with Crippen molar-refractivity contribution in [1.29, 1.82) is 0 Å². The molecule has 3 atom stereocenters. The molecular formula is C32H43N3O5S2. The zero-order chi connectivity index (χ0) is 30.1. The fraction of sp³-hybridized carbons (Fsp3) is 0.531. The maximum absolute atomic E-state index is 13.1. The standard InChI is InChI=1S/C32H43N3O5S2/c1-22(33-30(37)27-20-41-21-35(27)31(38)40-32(2,3)4)29(36)34-42-28(24-11-7-5-8-12-24)19-23-15-17-26(18-16-23)39-25-13-9-6-10-14-25/h6,9-10,13-18,22,24,27-28H,5,7-8,11-12,19-21H2,1-4H3,(H,33,37)(H,34,36)/t22-,27+,28?/m1/s1. The van der Waals surface area contributed by atoms with E-state index in [1.807, 2.05) is 42.5 Å². The van der Waals surface area contributed by atoms with Crippen molar-refractivity contribution < 1.29 is 23.9 Å². The van der Waals surface area contributed by atoms with E-state index in [1.165, 1.54) is 53.4 Å². The van der Waals surface area contributed by atoms with E-state index in [2.05, 4.69) is 22.2 Å². The molecule has 1 unspecified atom stereocenters. The molecule has 1 saturated heterocycles. The number of rotatable bonds is 10. The minimum atomic E-state index is -0.738. The molecule has 42 heavy (non-hydrogen) atoms. The Bertz CT molecular complexity index is 1180. The molecule has 2 aromatic rings. The molecule has 228 valence electrons. The summed E-state index contributed by atoms with van der Waals surface area (Å²) in [6, 6.07) is 16.5. The second kappa shape index (κ2) is 15.0. The van der Waals surface area contributed by atoms with Crippen LogP contribution in [0, 0.1) is 5.92 Å². The van der Waals surface area contributed by atoms with Crippen LogP contribution in [0.1, 0.15) is 65.4 Å². The Morgan fingerprint density at radius 1 is 1.00 bits per heavy atom. The summed E-state index contributed by atoms with van der Waals surface area (Å²) < 4.78 is 14.4. The van der Waals surface area contributed by atoms with E-state index in [1.54, 1.807) is 27.7 Å². The highest BCUT2D eigenvalue weighted by Gasteiger charge is 2.38. The number of amides is 3. The molecule has 0 bridgehead atoms. The zero-order valence-corrected chi connectivity index (χ0v) is 26.6. The van der Waals surface area contributed by atoms with Crippen LogP contribution in [0.5, 0.6) is 11.5 Å². The van der Waals surface area contributed by atoms with Crippen LogP contribution in [0.25, 0.3) is 0 Å². The van der Waals surface area contributed by atoms with Gasteiger partial charge >= 0.3 is 6.09 Å². The first-order valence-electron chi connectivity index (χ1n) is 14.7. The number of thioether (sulfide) groups is 1. The Morgan fingerprint density at radius 2 is 1.67 bits per heavy atom. The predicted molar refractivity (Wildman–Crippen MR) is 170 cm³/mol. The van der Waals surface area contributed by atoms with Crippen LogP contribution in [-0.4, -0.2) is 57.4 Å². The maximum Gasteiger partial charge on any atom is 0.411 e. The van der Waals surface area contributed by atoms with Gasteiger partial charge in [-0.2, -0.15) is 0 Å². The van der Waals surface area contributed by atoms with Crippen molar-refractivity contribution in [2.45, 2.75) is 89.2 Å². The van der Waals surface area contributed by atoms with E-state index < -0.39 is 23.8 Å². The van der Waals surface area contributed by atoms with Crippen LogP contribution in [-0.2, 0) is 20.7 Å². The largest absolute Gasteiger partial charge is 0.457 e. The molecule has 1 heterocycles. The lowest BCUT2D eigenvalue weighted by molar-refractivity contribution is -0.130.